The van der Waals surface area contributed by atoms with Crippen LogP contribution in [0.4, 0.5) is 5.69 Å². The molecule has 3 heterocycles. The Kier molecular flexibility index (Phi) is 4.99. The number of aromatic amines is 1. The summed E-state index contributed by atoms with van der Waals surface area (Å²) in [5.41, 5.74) is 9.99. The van der Waals surface area contributed by atoms with Gasteiger partial charge < -0.3 is 26.4 Å². The molecule has 1 unspecified atom stereocenters. The summed E-state index contributed by atoms with van der Waals surface area (Å²) in [6.45, 7) is 3.96. The average molecular weight is 338 g/mol. The van der Waals surface area contributed by atoms with E-state index in [1.54, 1.807) is 6.08 Å². The quantitative estimate of drug-likeness (QED) is 0.582. The molecule has 1 aliphatic heterocycles. The van der Waals surface area contributed by atoms with Gasteiger partial charge in [-0.3, -0.25) is 0 Å². The van der Waals surface area contributed by atoms with E-state index in [2.05, 4.69) is 21.8 Å². The number of pyridine rings is 1. The Balaban J connectivity index is 2.00. The number of nitrogens with two attached hydrogens (primary N) is 1. The molecule has 3 rings (SSSR count). The van der Waals surface area contributed by atoms with Gasteiger partial charge in [0.05, 0.1) is 0 Å². The molecule has 25 heavy (non-hydrogen) atoms. The van der Waals surface area contributed by atoms with Crippen LogP contribution in [0.25, 0.3) is 16.6 Å². The predicted octanol–water partition coefficient (Wildman–Crippen LogP) is 3.34. The van der Waals surface area contributed by atoms with E-state index in [1.807, 2.05) is 18.5 Å². The highest BCUT2D eigenvalue weighted by molar-refractivity contribution is 6.18. The maximum atomic E-state index is 7.67. The Hall–Kier alpha value is -2.47. The smallest absolute Gasteiger partial charge is 0.139 e. The molecule has 5 N–H and O–H groups in total. The topological polar surface area (TPSA) is 106 Å². The van der Waals surface area contributed by atoms with Gasteiger partial charge in [0.15, 0.2) is 0 Å². The SMILES string of the molecule is CCCCC1(N)CCN(c2ccnc3[nH]cc(/C(C=N)=C/C=N)c23)C1. The summed E-state index contributed by atoms with van der Waals surface area (Å²) in [6.07, 6.45) is 12.2. The van der Waals surface area contributed by atoms with Crippen molar-refractivity contribution >= 4 is 34.7 Å². The first-order valence-electron chi connectivity index (χ1n) is 8.83. The van der Waals surface area contributed by atoms with E-state index in [0.717, 1.165) is 61.1 Å². The molecule has 0 aromatic carbocycles. The summed E-state index contributed by atoms with van der Waals surface area (Å²) in [4.78, 5) is 9.95. The molecule has 1 atom stereocenters. The van der Waals surface area contributed by atoms with Gasteiger partial charge in [-0.1, -0.05) is 19.8 Å². The lowest BCUT2D eigenvalue weighted by molar-refractivity contribution is 0.419. The predicted molar refractivity (Wildman–Crippen MR) is 105 cm³/mol. The van der Waals surface area contributed by atoms with Crippen molar-refractivity contribution < 1.29 is 0 Å². The minimum Gasteiger partial charge on any atom is -0.369 e. The minimum atomic E-state index is -0.128. The molecule has 0 radical (unpaired) electrons. The lowest BCUT2D eigenvalue weighted by atomic mass is 9.93. The zero-order chi connectivity index (χ0) is 17.9. The van der Waals surface area contributed by atoms with E-state index in [0.29, 0.717) is 5.57 Å². The number of fused-ring (bicyclic) bond motifs is 1. The van der Waals surface area contributed by atoms with E-state index in [9.17, 15) is 0 Å². The third-order valence-electron chi connectivity index (χ3n) is 5.04. The molecule has 2 aromatic rings. The number of unbranched alkanes of at least 4 members (excludes halogenated alkanes) is 1. The van der Waals surface area contributed by atoms with Crippen LogP contribution in [0.1, 0.15) is 38.2 Å². The largest absolute Gasteiger partial charge is 0.369 e. The molecule has 1 saturated heterocycles. The van der Waals surface area contributed by atoms with Crippen molar-refractivity contribution in [2.75, 3.05) is 18.0 Å². The average Bonchev–Trinajstić information content (AvgIpc) is 3.22. The highest BCUT2D eigenvalue weighted by Crippen LogP contribution is 2.36. The number of nitrogens with zero attached hydrogens (tertiary/aromatic N) is 2. The molecule has 6 heteroatoms. The van der Waals surface area contributed by atoms with Gasteiger partial charge in [-0.15, -0.1) is 0 Å². The molecule has 132 valence electrons. The number of hydrogen-bond donors (Lipinski definition) is 4. The molecule has 1 fully saturated rings. The monoisotopic (exact) mass is 338 g/mol. The summed E-state index contributed by atoms with van der Waals surface area (Å²) < 4.78 is 0. The highest BCUT2D eigenvalue weighted by Gasteiger charge is 2.34. The molecule has 1 aliphatic rings. The summed E-state index contributed by atoms with van der Waals surface area (Å²) >= 11 is 0. The van der Waals surface area contributed by atoms with Gasteiger partial charge in [0.2, 0.25) is 0 Å². The Bertz CT molecular complexity index is 805. The molecule has 6 nitrogen and oxygen atoms in total. The Morgan fingerprint density at radius 2 is 2.32 bits per heavy atom. The number of anilines is 1. The molecule has 2 aromatic heterocycles. The van der Waals surface area contributed by atoms with Crippen LogP contribution in [0.2, 0.25) is 0 Å². The van der Waals surface area contributed by atoms with Crippen LogP contribution in [0.15, 0.2) is 24.5 Å². The highest BCUT2D eigenvalue weighted by atomic mass is 15.2. The first kappa shape index (κ1) is 17.4. The Morgan fingerprint density at radius 1 is 1.48 bits per heavy atom. The first-order chi connectivity index (χ1) is 12.1. The van der Waals surface area contributed by atoms with Crippen LogP contribution in [0, 0.1) is 10.8 Å². The van der Waals surface area contributed by atoms with E-state index < -0.39 is 0 Å². The van der Waals surface area contributed by atoms with Gasteiger partial charge in [0, 0.05) is 65.7 Å². The maximum Gasteiger partial charge on any atom is 0.139 e. The van der Waals surface area contributed by atoms with Gasteiger partial charge in [-0.2, -0.15) is 0 Å². The van der Waals surface area contributed by atoms with E-state index in [1.165, 1.54) is 12.4 Å². The summed E-state index contributed by atoms with van der Waals surface area (Å²) in [7, 11) is 0. The van der Waals surface area contributed by atoms with Gasteiger partial charge in [-0.05, 0) is 25.0 Å². The summed E-state index contributed by atoms with van der Waals surface area (Å²) in [6, 6.07) is 2.03. The van der Waals surface area contributed by atoms with Crippen molar-refractivity contribution in [3.8, 4) is 0 Å². The number of nitrogens with one attached hydrogen (secondary N) is 3. The van der Waals surface area contributed by atoms with Crippen LogP contribution in [-0.2, 0) is 0 Å². The number of aromatic nitrogens is 2. The van der Waals surface area contributed by atoms with Crippen LogP contribution in [0.5, 0.6) is 0 Å². The van der Waals surface area contributed by atoms with Crippen molar-refractivity contribution in [1.82, 2.24) is 9.97 Å². The van der Waals surface area contributed by atoms with Crippen LogP contribution >= 0.6 is 0 Å². The van der Waals surface area contributed by atoms with Crippen LogP contribution < -0.4 is 10.6 Å². The Labute approximate surface area is 148 Å². The lowest BCUT2D eigenvalue weighted by Crippen LogP contribution is -2.42. The van der Waals surface area contributed by atoms with E-state index in [-0.39, 0.29) is 5.54 Å². The first-order valence-corrected chi connectivity index (χ1v) is 8.83. The molecule has 0 aliphatic carbocycles. The normalized spacial score (nSPS) is 21.0. The van der Waals surface area contributed by atoms with Crippen LogP contribution in [0.3, 0.4) is 0 Å². The van der Waals surface area contributed by atoms with Crippen LogP contribution in [-0.4, -0.2) is 41.0 Å². The van der Waals surface area contributed by atoms with E-state index >= 15 is 0 Å². The van der Waals surface area contributed by atoms with Crippen molar-refractivity contribution in [3.63, 3.8) is 0 Å². The fourth-order valence-corrected chi connectivity index (χ4v) is 3.67. The molecular formula is C19H26N6. The molecule has 0 saturated carbocycles. The number of H-pyrrole nitrogens is 1. The third kappa shape index (κ3) is 3.35. The zero-order valence-corrected chi connectivity index (χ0v) is 14.7. The van der Waals surface area contributed by atoms with Crippen molar-refractivity contribution in [3.05, 3.63) is 30.1 Å². The number of rotatable bonds is 7. The zero-order valence-electron chi connectivity index (χ0n) is 14.7. The van der Waals surface area contributed by atoms with Crippen molar-refractivity contribution in [2.24, 2.45) is 5.73 Å². The van der Waals surface area contributed by atoms with Crippen molar-refractivity contribution in [1.29, 1.82) is 10.8 Å². The Morgan fingerprint density at radius 3 is 3.04 bits per heavy atom. The van der Waals surface area contributed by atoms with E-state index in [4.69, 9.17) is 16.6 Å². The second-order valence-electron chi connectivity index (χ2n) is 6.83. The third-order valence-corrected chi connectivity index (χ3v) is 5.04. The second-order valence-corrected chi connectivity index (χ2v) is 6.83. The lowest BCUT2D eigenvalue weighted by Gasteiger charge is -2.26. The molecular weight excluding hydrogens is 312 g/mol. The second kappa shape index (κ2) is 7.19. The number of allylic oxidation sites excluding steroid dienone is 2. The summed E-state index contributed by atoms with van der Waals surface area (Å²) in [5.74, 6) is 0. The standard InChI is InChI=1S/C19H26N6/c1-2-3-6-19(22)7-10-25(13-19)16-5-9-23-18-17(16)15(12-24-18)14(11-21)4-8-20/h4-5,8-9,11-12,20-21H,2-3,6-7,10,13,22H2,1H3,(H,23,24)/b14-4+,20-8?,21-11?. The minimum absolute atomic E-state index is 0.128. The number of hydrogen-bond acceptors (Lipinski definition) is 5. The molecule has 0 bridgehead atoms. The summed E-state index contributed by atoms with van der Waals surface area (Å²) in [5, 5.41) is 16.0. The van der Waals surface area contributed by atoms with Gasteiger partial charge in [0.25, 0.3) is 0 Å². The van der Waals surface area contributed by atoms with Gasteiger partial charge >= 0.3 is 0 Å². The molecule has 0 spiro atoms. The van der Waals surface area contributed by atoms with Gasteiger partial charge in [-0.25, -0.2) is 4.98 Å². The fraction of sp³-hybridized carbons (Fsp3) is 0.421. The maximum absolute atomic E-state index is 7.67. The molecule has 0 amide bonds. The van der Waals surface area contributed by atoms with Gasteiger partial charge in [0.1, 0.15) is 5.65 Å². The fourth-order valence-electron chi connectivity index (χ4n) is 3.67. The van der Waals surface area contributed by atoms with Crippen molar-refractivity contribution in [2.45, 2.75) is 38.1 Å².